The van der Waals surface area contributed by atoms with Crippen LogP contribution in [-0.2, 0) is 19.4 Å². The summed E-state index contributed by atoms with van der Waals surface area (Å²) in [5.74, 6) is 1.15. The van der Waals surface area contributed by atoms with Crippen molar-refractivity contribution in [3.8, 4) is 5.75 Å². The van der Waals surface area contributed by atoms with Crippen molar-refractivity contribution in [2.24, 2.45) is 5.10 Å². The first-order valence-corrected chi connectivity index (χ1v) is 10.3. The van der Waals surface area contributed by atoms with E-state index in [1.807, 2.05) is 36.4 Å². The minimum absolute atomic E-state index is 0.181. The molecule has 0 saturated carbocycles. The summed E-state index contributed by atoms with van der Waals surface area (Å²) in [7, 11) is 0. The second kappa shape index (κ2) is 8.44. The molecule has 6 heteroatoms. The monoisotopic (exact) mass is 411 g/mol. The molecule has 0 radical (unpaired) electrons. The van der Waals surface area contributed by atoms with Gasteiger partial charge in [0.2, 0.25) is 0 Å². The Morgan fingerprint density at radius 2 is 2.00 bits per heavy atom. The second-order valence-corrected chi connectivity index (χ2v) is 7.46. The number of nitrogens with one attached hydrogen (secondary N) is 1. The first-order valence-electron chi connectivity index (χ1n) is 10.3. The van der Waals surface area contributed by atoms with Crippen LogP contribution in [0.15, 0.2) is 76.4 Å². The number of carbonyl (C=O) groups excluding carboxylic acids is 1. The molecular formula is C25H21N3O3. The number of amides is 1. The van der Waals surface area contributed by atoms with Crippen LogP contribution in [0.4, 0.5) is 0 Å². The highest BCUT2D eigenvalue weighted by Crippen LogP contribution is 2.26. The van der Waals surface area contributed by atoms with Crippen molar-refractivity contribution < 1.29 is 13.9 Å². The average molecular weight is 411 g/mol. The maximum Gasteiger partial charge on any atom is 0.307 e. The van der Waals surface area contributed by atoms with Crippen molar-refractivity contribution in [1.82, 2.24) is 10.4 Å². The van der Waals surface area contributed by atoms with Gasteiger partial charge in [-0.05, 0) is 60.7 Å². The maximum atomic E-state index is 12.3. The maximum absolute atomic E-state index is 12.3. The van der Waals surface area contributed by atoms with Gasteiger partial charge in [0.25, 0.3) is 0 Å². The molecule has 0 aliphatic heterocycles. The van der Waals surface area contributed by atoms with Gasteiger partial charge in [0.05, 0.1) is 11.7 Å². The number of hydrazone groups is 1. The predicted molar refractivity (Wildman–Crippen MR) is 118 cm³/mol. The summed E-state index contributed by atoms with van der Waals surface area (Å²) in [5.41, 5.74) is 6.91. The number of pyridine rings is 1. The molecule has 6 nitrogen and oxygen atoms in total. The van der Waals surface area contributed by atoms with E-state index in [1.54, 1.807) is 24.5 Å². The van der Waals surface area contributed by atoms with Crippen molar-refractivity contribution >= 4 is 23.0 Å². The molecular weight excluding hydrogens is 390 g/mol. The van der Waals surface area contributed by atoms with Gasteiger partial charge in [-0.3, -0.25) is 9.78 Å². The third kappa shape index (κ3) is 4.19. The fraction of sp³-hybridized carbons (Fsp3) is 0.160. The van der Waals surface area contributed by atoms with Gasteiger partial charge in [-0.25, -0.2) is 5.43 Å². The van der Waals surface area contributed by atoms with Crippen LogP contribution in [0.5, 0.6) is 5.75 Å². The molecule has 0 atom stereocenters. The molecule has 1 aliphatic carbocycles. The Morgan fingerprint density at radius 3 is 2.97 bits per heavy atom. The predicted octanol–water partition coefficient (Wildman–Crippen LogP) is 4.66. The Morgan fingerprint density at radius 1 is 1.10 bits per heavy atom. The molecule has 31 heavy (non-hydrogen) atoms. The zero-order chi connectivity index (χ0) is 21.0. The summed E-state index contributed by atoms with van der Waals surface area (Å²) in [5, 5.41) is 5.06. The van der Waals surface area contributed by atoms with E-state index in [0.717, 1.165) is 35.1 Å². The van der Waals surface area contributed by atoms with Crippen LogP contribution in [0.3, 0.4) is 0 Å². The Bertz CT molecular complexity index is 1270. The van der Waals surface area contributed by atoms with E-state index < -0.39 is 5.91 Å². The van der Waals surface area contributed by atoms with Crippen LogP contribution in [0.25, 0.3) is 10.9 Å². The molecule has 2 aromatic heterocycles. The van der Waals surface area contributed by atoms with Crippen LogP contribution in [0, 0.1) is 0 Å². The van der Waals surface area contributed by atoms with E-state index in [9.17, 15) is 4.79 Å². The molecule has 5 rings (SSSR count). The molecule has 0 saturated heterocycles. The number of rotatable bonds is 6. The van der Waals surface area contributed by atoms with E-state index in [1.165, 1.54) is 17.5 Å². The highest BCUT2D eigenvalue weighted by molar-refractivity contribution is 5.98. The van der Waals surface area contributed by atoms with Crippen molar-refractivity contribution in [1.29, 1.82) is 0 Å². The minimum Gasteiger partial charge on any atom is -0.486 e. The topological polar surface area (TPSA) is 76.7 Å². The number of hydrogen-bond donors (Lipinski definition) is 1. The van der Waals surface area contributed by atoms with Gasteiger partial charge >= 0.3 is 5.91 Å². The lowest BCUT2D eigenvalue weighted by atomic mass is 10.1. The highest BCUT2D eigenvalue weighted by Gasteiger charge is 2.13. The van der Waals surface area contributed by atoms with Gasteiger partial charge in [-0.1, -0.05) is 30.3 Å². The number of aromatic nitrogens is 1. The second-order valence-electron chi connectivity index (χ2n) is 7.46. The van der Waals surface area contributed by atoms with E-state index in [0.29, 0.717) is 5.76 Å². The quantitative estimate of drug-likeness (QED) is 0.370. The largest absolute Gasteiger partial charge is 0.486 e. The molecule has 4 aromatic rings. The van der Waals surface area contributed by atoms with Crippen LogP contribution in [0.1, 0.15) is 39.4 Å². The fourth-order valence-corrected chi connectivity index (χ4v) is 3.82. The summed E-state index contributed by atoms with van der Waals surface area (Å²) >= 11 is 0. The number of furan rings is 1. The van der Waals surface area contributed by atoms with Gasteiger partial charge in [-0.2, -0.15) is 5.10 Å². The third-order valence-electron chi connectivity index (χ3n) is 5.37. The lowest BCUT2D eigenvalue weighted by Crippen LogP contribution is -2.16. The zero-order valence-electron chi connectivity index (χ0n) is 16.9. The first kappa shape index (κ1) is 19.1. The van der Waals surface area contributed by atoms with Crippen LogP contribution >= 0.6 is 0 Å². The van der Waals surface area contributed by atoms with E-state index in [2.05, 4.69) is 27.6 Å². The number of hydrogen-bond acceptors (Lipinski definition) is 5. The zero-order valence-corrected chi connectivity index (χ0v) is 16.9. The fourth-order valence-electron chi connectivity index (χ4n) is 3.82. The lowest BCUT2D eigenvalue weighted by molar-refractivity contribution is 0.0923. The van der Waals surface area contributed by atoms with Gasteiger partial charge in [0.1, 0.15) is 18.1 Å². The minimum atomic E-state index is -0.423. The number of benzene rings is 2. The van der Waals surface area contributed by atoms with Gasteiger partial charge in [-0.15, -0.1) is 0 Å². The SMILES string of the molecule is O=C(N/N=C/c1cccc2cccnc12)c1ccc(COc2ccc3c(c2)CCC3)o1. The van der Waals surface area contributed by atoms with E-state index in [4.69, 9.17) is 9.15 Å². The Balaban J connectivity index is 1.19. The molecule has 1 N–H and O–H groups in total. The van der Waals surface area contributed by atoms with Gasteiger partial charge in [0.15, 0.2) is 5.76 Å². The number of aryl methyl sites for hydroxylation is 2. The summed E-state index contributed by atoms with van der Waals surface area (Å²) in [4.78, 5) is 16.7. The molecule has 2 aromatic carbocycles. The Hall–Kier alpha value is -3.93. The van der Waals surface area contributed by atoms with Crippen LogP contribution in [0.2, 0.25) is 0 Å². The molecule has 0 unspecified atom stereocenters. The number of ether oxygens (including phenoxy) is 1. The van der Waals surface area contributed by atoms with Crippen molar-refractivity contribution in [3.63, 3.8) is 0 Å². The summed E-state index contributed by atoms with van der Waals surface area (Å²) in [6.07, 6.45) is 6.76. The Kier molecular flexibility index (Phi) is 5.19. The summed E-state index contributed by atoms with van der Waals surface area (Å²) < 4.78 is 11.4. The Labute approximate surface area is 179 Å². The number of para-hydroxylation sites is 1. The van der Waals surface area contributed by atoms with Crippen molar-refractivity contribution in [2.45, 2.75) is 25.9 Å². The van der Waals surface area contributed by atoms with Crippen LogP contribution < -0.4 is 10.2 Å². The molecule has 0 bridgehead atoms. The molecule has 0 fully saturated rings. The molecule has 1 amide bonds. The lowest BCUT2D eigenvalue weighted by Gasteiger charge is -2.06. The number of carbonyl (C=O) groups is 1. The molecule has 0 spiro atoms. The molecule has 2 heterocycles. The first-order chi connectivity index (χ1) is 15.3. The number of nitrogens with zero attached hydrogens (tertiary/aromatic N) is 2. The number of fused-ring (bicyclic) bond motifs is 2. The van der Waals surface area contributed by atoms with Gasteiger partial charge < -0.3 is 9.15 Å². The average Bonchev–Trinajstić information content (AvgIpc) is 3.47. The van der Waals surface area contributed by atoms with E-state index >= 15 is 0 Å². The van der Waals surface area contributed by atoms with Crippen LogP contribution in [-0.4, -0.2) is 17.1 Å². The molecule has 1 aliphatic rings. The van der Waals surface area contributed by atoms with Gasteiger partial charge in [0, 0.05) is 17.1 Å². The molecule has 154 valence electrons. The standard InChI is InChI=1S/C25H21N3O3/c29-25(28-27-15-20-7-2-5-18-8-3-13-26-24(18)20)23-12-11-22(31-23)16-30-21-10-9-17-4-1-6-19(17)14-21/h2-3,5,7-15H,1,4,6,16H2,(H,28,29)/b27-15+. The highest BCUT2D eigenvalue weighted by atomic mass is 16.5. The normalized spacial score (nSPS) is 12.9. The van der Waals surface area contributed by atoms with Crippen molar-refractivity contribution in [3.05, 3.63) is 95.1 Å². The summed E-state index contributed by atoms with van der Waals surface area (Å²) in [6, 6.07) is 19.2. The third-order valence-corrected chi connectivity index (χ3v) is 5.37. The van der Waals surface area contributed by atoms with E-state index in [-0.39, 0.29) is 12.4 Å². The summed E-state index contributed by atoms with van der Waals surface area (Å²) in [6.45, 7) is 0.261. The van der Waals surface area contributed by atoms with Crippen molar-refractivity contribution in [2.75, 3.05) is 0 Å². The smallest absolute Gasteiger partial charge is 0.307 e.